The molecule has 1 aliphatic heterocycles. The Bertz CT molecular complexity index is 830. The maximum atomic E-state index is 12.2. The van der Waals surface area contributed by atoms with Crippen molar-refractivity contribution < 1.29 is 14.4 Å². The molecule has 0 aliphatic carbocycles. The zero-order valence-electron chi connectivity index (χ0n) is 15.3. The van der Waals surface area contributed by atoms with E-state index >= 15 is 0 Å². The van der Waals surface area contributed by atoms with Gasteiger partial charge in [0.05, 0.1) is 13.1 Å². The van der Waals surface area contributed by atoms with Gasteiger partial charge in [0, 0.05) is 12.1 Å². The normalized spacial score (nSPS) is 13.6. The quantitative estimate of drug-likeness (QED) is 0.741. The highest BCUT2D eigenvalue weighted by atomic mass is 16.2. The summed E-state index contributed by atoms with van der Waals surface area (Å²) in [6.45, 7) is 2.29. The fourth-order valence-corrected chi connectivity index (χ4v) is 2.98. The van der Waals surface area contributed by atoms with E-state index in [0.717, 1.165) is 18.4 Å². The first kappa shape index (κ1) is 18.6. The lowest BCUT2D eigenvalue weighted by Crippen LogP contribution is -2.30. The van der Waals surface area contributed by atoms with Gasteiger partial charge in [0.15, 0.2) is 0 Å². The van der Waals surface area contributed by atoms with Crippen LogP contribution < -0.4 is 10.6 Å². The van der Waals surface area contributed by atoms with Crippen LogP contribution in [0.2, 0.25) is 0 Å². The van der Waals surface area contributed by atoms with E-state index in [2.05, 4.69) is 41.8 Å². The highest BCUT2D eigenvalue weighted by Crippen LogP contribution is 2.15. The molecule has 0 atom stereocenters. The van der Waals surface area contributed by atoms with Gasteiger partial charge in [-0.05, 0) is 43.0 Å². The predicted octanol–water partition coefficient (Wildman–Crippen LogP) is 3.01. The van der Waals surface area contributed by atoms with Crippen molar-refractivity contribution in [3.63, 3.8) is 0 Å². The van der Waals surface area contributed by atoms with Crippen molar-refractivity contribution in [1.82, 2.24) is 10.2 Å². The standard InChI is InChI=1S/C21H23N3O3/c1-15-8-10-16(11-9-15)4-3-7-19(25)23-18-6-2-5-17(12-18)14-24-20(26)13-22-21(24)27/h2,5-6,8-12H,3-4,7,13-14H2,1H3,(H,22,27)(H,23,25). The molecule has 1 fully saturated rings. The van der Waals surface area contributed by atoms with Crippen LogP contribution in [0.4, 0.5) is 10.5 Å². The molecule has 2 N–H and O–H groups in total. The Morgan fingerprint density at radius 2 is 1.89 bits per heavy atom. The molecule has 2 aromatic rings. The molecule has 4 amide bonds. The van der Waals surface area contributed by atoms with Crippen molar-refractivity contribution in [2.24, 2.45) is 0 Å². The van der Waals surface area contributed by atoms with Gasteiger partial charge >= 0.3 is 6.03 Å². The van der Waals surface area contributed by atoms with Gasteiger partial charge in [-0.1, -0.05) is 42.0 Å². The number of hydrogen-bond donors (Lipinski definition) is 2. The molecular formula is C21H23N3O3. The number of benzene rings is 2. The molecule has 6 nitrogen and oxygen atoms in total. The minimum Gasteiger partial charge on any atom is -0.329 e. The van der Waals surface area contributed by atoms with Gasteiger partial charge in [-0.2, -0.15) is 0 Å². The largest absolute Gasteiger partial charge is 0.329 e. The molecule has 27 heavy (non-hydrogen) atoms. The third-order valence-corrected chi connectivity index (χ3v) is 4.48. The van der Waals surface area contributed by atoms with Gasteiger partial charge in [-0.15, -0.1) is 0 Å². The monoisotopic (exact) mass is 365 g/mol. The first-order valence-corrected chi connectivity index (χ1v) is 9.04. The average molecular weight is 365 g/mol. The highest BCUT2D eigenvalue weighted by molar-refractivity contribution is 6.01. The molecule has 140 valence electrons. The van der Waals surface area contributed by atoms with Crippen LogP contribution in [-0.4, -0.2) is 29.3 Å². The van der Waals surface area contributed by atoms with Crippen molar-refractivity contribution in [1.29, 1.82) is 0 Å². The Morgan fingerprint density at radius 1 is 1.11 bits per heavy atom. The predicted molar refractivity (Wildman–Crippen MR) is 103 cm³/mol. The number of imide groups is 1. The second-order valence-corrected chi connectivity index (χ2v) is 6.73. The summed E-state index contributed by atoms with van der Waals surface area (Å²) in [4.78, 5) is 36.7. The number of hydrogen-bond acceptors (Lipinski definition) is 3. The molecule has 3 rings (SSSR count). The third kappa shape index (κ3) is 5.17. The molecule has 6 heteroatoms. The highest BCUT2D eigenvalue weighted by Gasteiger charge is 2.28. The average Bonchev–Trinajstić information content (AvgIpc) is 2.96. The van der Waals surface area contributed by atoms with Crippen LogP contribution in [-0.2, 0) is 22.6 Å². The zero-order chi connectivity index (χ0) is 19.2. The van der Waals surface area contributed by atoms with Crippen molar-refractivity contribution in [2.45, 2.75) is 32.7 Å². The van der Waals surface area contributed by atoms with Crippen LogP contribution in [0.25, 0.3) is 0 Å². The van der Waals surface area contributed by atoms with Crippen molar-refractivity contribution in [3.05, 3.63) is 65.2 Å². The summed E-state index contributed by atoms with van der Waals surface area (Å²) >= 11 is 0. The lowest BCUT2D eigenvalue weighted by molar-refractivity contribution is -0.125. The minimum atomic E-state index is -0.384. The number of anilines is 1. The van der Waals surface area contributed by atoms with Crippen molar-refractivity contribution >= 4 is 23.5 Å². The van der Waals surface area contributed by atoms with E-state index in [1.165, 1.54) is 16.0 Å². The Kier molecular flexibility index (Phi) is 5.86. The fourth-order valence-electron chi connectivity index (χ4n) is 2.98. The van der Waals surface area contributed by atoms with E-state index in [1.807, 2.05) is 6.07 Å². The van der Waals surface area contributed by atoms with E-state index < -0.39 is 0 Å². The Hall–Kier alpha value is -3.15. The summed E-state index contributed by atoms with van der Waals surface area (Å²) < 4.78 is 0. The van der Waals surface area contributed by atoms with E-state index in [-0.39, 0.29) is 30.9 Å². The topological polar surface area (TPSA) is 78.5 Å². The van der Waals surface area contributed by atoms with E-state index in [9.17, 15) is 14.4 Å². The number of nitrogens with one attached hydrogen (secondary N) is 2. The van der Waals surface area contributed by atoms with Crippen LogP contribution in [0.3, 0.4) is 0 Å². The fraction of sp³-hybridized carbons (Fsp3) is 0.286. The Balaban J connectivity index is 1.49. The van der Waals surface area contributed by atoms with Gasteiger partial charge in [0.1, 0.15) is 0 Å². The lowest BCUT2D eigenvalue weighted by Gasteiger charge is -2.13. The van der Waals surface area contributed by atoms with Gasteiger partial charge in [-0.25, -0.2) is 4.79 Å². The summed E-state index contributed by atoms with van der Waals surface area (Å²) in [6, 6.07) is 15.2. The number of urea groups is 1. The van der Waals surface area contributed by atoms with Gasteiger partial charge in [0.25, 0.3) is 0 Å². The van der Waals surface area contributed by atoms with Crippen LogP contribution in [0.15, 0.2) is 48.5 Å². The van der Waals surface area contributed by atoms with Crippen LogP contribution in [0.1, 0.15) is 29.5 Å². The molecular weight excluding hydrogens is 342 g/mol. The molecule has 0 unspecified atom stereocenters. The van der Waals surface area contributed by atoms with Crippen molar-refractivity contribution in [3.8, 4) is 0 Å². The zero-order valence-corrected chi connectivity index (χ0v) is 15.3. The molecule has 0 aromatic heterocycles. The first-order chi connectivity index (χ1) is 13.0. The maximum Gasteiger partial charge on any atom is 0.324 e. The number of aryl methyl sites for hydroxylation is 2. The molecule has 0 radical (unpaired) electrons. The molecule has 1 saturated heterocycles. The van der Waals surface area contributed by atoms with Gasteiger partial charge in [-0.3, -0.25) is 14.5 Å². The summed E-state index contributed by atoms with van der Waals surface area (Å²) in [5.74, 6) is -0.292. The second-order valence-electron chi connectivity index (χ2n) is 6.73. The van der Waals surface area contributed by atoms with Gasteiger partial charge in [0.2, 0.25) is 11.8 Å². The molecule has 1 heterocycles. The molecule has 0 saturated carbocycles. The Morgan fingerprint density at radius 3 is 2.59 bits per heavy atom. The minimum absolute atomic E-state index is 0.0379. The molecule has 0 spiro atoms. The summed E-state index contributed by atoms with van der Waals surface area (Å²) in [5, 5.41) is 5.38. The summed E-state index contributed by atoms with van der Waals surface area (Å²) in [7, 11) is 0. The van der Waals surface area contributed by atoms with E-state index in [1.54, 1.807) is 18.2 Å². The first-order valence-electron chi connectivity index (χ1n) is 9.04. The van der Waals surface area contributed by atoms with Crippen LogP contribution >= 0.6 is 0 Å². The summed E-state index contributed by atoms with van der Waals surface area (Å²) in [6.07, 6.45) is 2.07. The maximum absolute atomic E-state index is 12.2. The second kappa shape index (κ2) is 8.49. The number of nitrogens with zero attached hydrogens (tertiary/aromatic N) is 1. The lowest BCUT2D eigenvalue weighted by atomic mass is 10.1. The summed E-state index contributed by atoms with van der Waals surface area (Å²) in [5.41, 5.74) is 3.91. The number of rotatable bonds is 7. The number of carbonyl (C=O) groups excluding carboxylic acids is 3. The van der Waals surface area contributed by atoms with E-state index in [4.69, 9.17) is 0 Å². The molecule has 2 aromatic carbocycles. The van der Waals surface area contributed by atoms with Crippen molar-refractivity contribution in [2.75, 3.05) is 11.9 Å². The number of amides is 4. The van der Waals surface area contributed by atoms with Gasteiger partial charge < -0.3 is 10.6 Å². The SMILES string of the molecule is Cc1ccc(CCCC(=O)Nc2cccc(CN3C(=O)CNC3=O)c2)cc1. The Labute approximate surface area is 158 Å². The third-order valence-electron chi connectivity index (χ3n) is 4.48. The number of carbonyl (C=O) groups is 3. The smallest absolute Gasteiger partial charge is 0.324 e. The molecule has 0 bridgehead atoms. The van der Waals surface area contributed by atoms with Crippen LogP contribution in [0, 0.1) is 6.92 Å². The van der Waals surface area contributed by atoms with E-state index in [0.29, 0.717) is 12.1 Å². The van der Waals surface area contributed by atoms with Crippen LogP contribution in [0.5, 0.6) is 0 Å². The molecule has 1 aliphatic rings.